The fraction of sp³-hybridized carbons (Fsp3) is 0.400. The van der Waals surface area contributed by atoms with Crippen LogP contribution < -0.4 is 5.32 Å². The van der Waals surface area contributed by atoms with Crippen molar-refractivity contribution >= 4 is 0 Å². The molecule has 1 heterocycles. The number of ether oxygens (including phenoxy) is 1. The Morgan fingerprint density at radius 3 is 2.76 bits per heavy atom. The lowest BCUT2D eigenvalue weighted by Gasteiger charge is -2.04. The highest BCUT2D eigenvalue weighted by atomic mass is 19.3. The van der Waals surface area contributed by atoms with E-state index in [1.807, 2.05) is 29.1 Å². The highest BCUT2D eigenvalue weighted by molar-refractivity contribution is 5.15. The molecule has 6 heteroatoms. The predicted octanol–water partition coefficient (Wildman–Crippen LogP) is 2.30. The van der Waals surface area contributed by atoms with Gasteiger partial charge in [-0.2, -0.15) is 5.10 Å². The number of nitrogens with one attached hydrogen (secondary N) is 1. The normalized spacial score (nSPS) is 11.2. The van der Waals surface area contributed by atoms with E-state index in [0.29, 0.717) is 13.1 Å². The molecule has 0 atom stereocenters. The molecule has 2 aromatic rings. The Morgan fingerprint density at radius 2 is 2.00 bits per heavy atom. The zero-order valence-electron chi connectivity index (χ0n) is 11.7. The molecule has 0 aliphatic rings. The second kappa shape index (κ2) is 8.49. The van der Waals surface area contributed by atoms with Crippen LogP contribution in [0.25, 0.3) is 0 Å². The SMILES string of the molecule is FC(F)COCCNCc1cnn(Cc2ccccc2)c1. The van der Waals surface area contributed by atoms with Crippen LogP contribution in [0, 0.1) is 0 Å². The first-order valence-electron chi connectivity index (χ1n) is 6.86. The van der Waals surface area contributed by atoms with Crippen LogP contribution in [-0.2, 0) is 17.8 Å². The van der Waals surface area contributed by atoms with Crippen molar-refractivity contribution in [2.24, 2.45) is 0 Å². The van der Waals surface area contributed by atoms with Crippen molar-refractivity contribution < 1.29 is 13.5 Å². The van der Waals surface area contributed by atoms with E-state index in [0.717, 1.165) is 12.1 Å². The molecule has 0 saturated heterocycles. The summed E-state index contributed by atoms with van der Waals surface area (Å²) in [6, 6.07) is 10.1. The minimum absolute atomic E-state index is 0.280. The lowest BCUT2D eigenvalue weighted by Crippen LogP contribution is -2.20. The molecule has 1 N–H and O–H groups in total. The lowest BCUT2D eigenvalue weighted by molar-refractivity contribution is 0.0187. The first-order chi connectivity index (χ1) is 10.2. The lowest BCUT2D eigenvalue weighted by atomic mass is 10.2. The van der Waals surface area contributed by atoms with Crippen LogP contribution in [0.15, 0.2) is 42.7 Å². The summed E-state index contributed by atoms with van der Waals surface area (Å²) >= 11 is 0. The van der Waals surface area contributed by atoms with Crippen molar-refractivity contribution in [3.05, 3.63) is 53.9 Å². The number of alkyl halides is 2. The van der Waals surface area contributed by atoms with Crippen LogP contribution >= 0.6 is 0 Å². The Bertz CT molecular complexity index is 517. The summed E-state index contributed by atoms with van der Waals surface area (Å²) in [5, 5.41) is 7.43. The average molecular weight is 295 g/mol. The molecule has 2 rings (SSSR count). The molecule has 4 nitrogen and oxygen atoms in total. The van der Waals surface area contributed by atoms with Crippen LogP contribution in [0.1, 0.15) is 11.1 Å². The van der Waals surface area contributed by atoms with E-state index in [1.54, 1.807) is 6.20 Å². The summed E-state index contributed by atoms with van der Waals surface area (Å²) in [5.74, 6) is 0. The molecule has 114 valence electrons. The smallest absolute Gasteiger partial charge is 0.261 e. The fourth-order valence-corrected chi connectivity index (χ4v) is 1.90. The topological polar surface area (TPSA) is 39.1 Å². The Labute approximate surface area is 122 Å². The number of halogens is 2. The van der Waals surface area contributed by atoms with Gasteiger partial charge in [0.05, 0.1) is 19.3 Å². The summed E-state index contributed by atoms with van der Waals surface area (Å²) in [5.41, 5.74) is 2.25. The summed E-state index contributed by atoms with van der Waals surface area (Å²) in [7, 11) is 0. The van der Waals surface area contributed by atoms with E-state index in [2.05, 4.69) is 22.5 Å². The van der Waals surface area contributed by atoms with E-state index >= 15 is 0 Å². The second-order valence-corrected chi connectivity index (χ2v) is 4.67. The second-order valence-electron chi connectivity index (χ2n) is 4.67. The number of aromatic nitrogens is 2. The molecule has 0 aliphatic carbocycles. The first kappa shape index (κ1) is 15.6. The molecular weight excluding hydrogens is 276 g/mol. The average Bonchev–Trinajstić information content (AvgIpc) is 2.91. The standard InChI is InChI=1S/C15H19F2N3O/c16-15(17)12-21-7-6-18-8-14-9-19-20(11-14)10-13-4-2-1-3-5-13/h1-5,9,11,15,18H,6-8,10,12H2. The van der Waals surface area contributed by atoms with Crippen molar-refractivity contribution in [1.82, 2.24) is 15.1 Å². The molecule has 0 radical (unpaired) electrons. The van der Waals surface area contributed by atoms with Crippen LogP contribution in [0.3, 0.4) is 0 Å². The van der Waals surface area contributed by atoms with Crippen molar-refractivity contribution in [3.8, 4) is 0 Å². The number of benzene rings is 1. The summed E-state index contributed by atoms with van der Waals surface area (Å²) in [4.78, 5) is 0. The molecule has 1 aromatic carbocycles. The largest absolute Gasteiger partial charge is 0.374 e. The van der Waals surface area contributed by atoms with Gasteiger partial charge >= 0.3 is 0 Å². The molecular formula is C15H19F2N3O. The monoisotopic (exact) mass is 295 g/mol. The maximum absolute atomic E-state index is 11.8. The maximum atomic E-state index is 11.8. The quantitative estimate of drug-likeness (QED) is 0.722. The van der Waals surface area contributed by atoms with Crippen molar-refractivity contribution in [2.75, 3.05) is 19.8 Å². The van der Waals surface area contributed by atoms with Gasteiger partial charge in [-0.15, -0.1) is 0 Å². The Balaban J connectivity index is 1.66. The molecule has 1 aromatic heterocycles. The van der Waals surface area contributed by atoms with Crippen LogP contribution in [0.5, 0.6) is 0 Å². The maximum Gasteiger partial charge on any atom is 0.261 e. The van der Waals surface area contributed by atoms with E-state index < -0.39 is 13.0 Å². The molecule has 0 fully saturated rings. The number of nitrogens with zero attached hydrogens (tertiary/aromatic N) is 2. The van der Waals surface area contributed by atoms with Gasteiger partial charge in [-0.25, -0.2) is 8.78 Å². The third kappa shape index (κ3) is 6.01. The molecule has 0 bridgehead atoms. The summed E-state index contributed by atoms with van der Waals surface area (Å²) in [6.07, 6.45) is 1.37. The highest BCUT2D eigenvalue weighted by Gasteiger charge is 2.02. The van der Waals surface area contributed by atoms with Gasteiger partial charge in [0.2, 0.25) is 0 Å². The molecule has 0 saturated carbocycles. The molecule has 0 amide bonds. The highest BCUT2D eigenvalue weighted by Crippen LogP contribution is 2.03. The summed E-state index contributed by atoms with van der Waals surface area (Å²) < 4.78 is 30.3. The van der Waals surface area contributed by atoms with Crippen LogP contribution in [0.2, 0.25) is 0 Å². The number of rotatable bonds is 9. The van der Waals surface area contributed by atoms with Gasteiger partial charge in [0.1, 0.15) is 6.61 Å². The van der Waals surface area contributed by atoms with Gasteiger partial charge in [0.25, 0.3) is 6.43 Å². The van der Waals surface area contributed by atoms with E-state index in [1.165, 1.54) is 5.56 Å². The number of hydrogen-bond donors (Lipinski definition) is 1. The zero-order chi connectivity index (χ0) is 14.9. The minimum Gasteiger partial charge on any atom is -0.374 e. The Morgan fingerprint density at radius 1 is 1.19 bits per heavy atom. The van der Waals surface area contributed by atoms with Gasteiger partial charge < -0.3 is 10.1 Å². The Hall–Kier alpha value is -1.79. The molecule has 21 heavy (non-hydrogen) atoms. The number of hydrogen-bond acceptors (Lipinski definition) is 3. The third-order valence-electron chi connectivity index (χ3n) is 2.87. The van der Waals surface area contributed by atoms with Crippen LogP contribution in [0.4, 0.5) is 8.78 Å². The Kier molecular flexibility index (Phi) is 6.30. The van der Waals surface area contributed by atoms with Crippen LogP contribution in [-0.4, -0.2) is 36.0 Å². The van der Waals surface area contributed by atoms with E-state index in [4.69, 9.17) is 4.74 Å². The molecule has 0 spiro atoms. The molecule has 0 unspecified atom stereocenters. The van der Waals surface area contributed by atoms with Crippen molar-refractivity contribution in [2.45, 2.75) is 19.5 Å². The zero-order valence-corrected chi connectivity index (χ0v) is 11.7. The van der Waals surface area contributed by atoms with Gasteiger partial charge in [-0.3, -0.25) is 4.68 Å². The minimum atomic E-state index is -2.40. The van der Waals surface area contributed by atoms with Gasteiger partial charge in [-0.05, 0) is 5.56 Å². The van der Waals surface area contributed by atoms with E-state index in [-0.39, 0.29) is 6.61 Å². The summed E-state index contributed by atoms with van der Waals surface area (Å²) in [6.45, 7) is 1.70. The van der Waals surface area contributed by atoms with Gasteiger partial charge in [0, 0.05) is 24.8 Å². The van der Waals surface area contributed by atoms with Gasteiger partial charge in [-0.1, -0.05) is 30.3 Å². The van der Waals surface area contributed by atoms with Crippen molar-refractivity contribution in [3.63, 3.8) is 0 Å². The third-order valence-corrected chi connectivity index (χ3v) is 2.87. The fourth-order valence-electron chi connectivity index (χ4n) is 1.90. The van der Waals surface area contributed by atoms with Crippen molar-refractivity contribution in [1.29, 1.82) is 0 Å². The van der Waals surface area contributed by atoms with E-state index in [9.17, 15) is 8.78 Å². The predicted molar refractivity (Wildman–Crippen MR) is 76.3 cm³/mol. The molecule has 0 aliphatic heterocycles. The first-order valence-corrected chi connectivity index (χ1v) is 6.86. The van der Waals surface area contributed by atoms with Gasteiger partial charge in [0.15, 0.2) is 0 Å².